The van der Waals surface area contributed by atoms with Crippen LogP contribution in [0.5, 0.6) is 11.5 Å². The van der Waals surface area contributed by atoms with E-state index >= 15 is 0 Å². The Hall–Kier alpha value is -2.54. The number of fused-ring (bicyclic) bond motifs is 2. The van der Waals surface area contributed by atoms with Gasteiger partial charge >= 0.3 is 0 Å². The van der Waals surface area contributed by atoms with Crippen molar-refractivity contribution in [1.29, 1.82) is 0 Å². The van der Waals surface area contributed by atoms with Gasteiger partial charge in [0.1, 0.15) is 0 Å². The van der Waals surface area contributed by atoms with Crippen LogP contribution in [0.3, 0.4) is 0 Å². The van der Waals surface area contributed by atoms with Crippen LogP contribution >= 0.6 is 15.9 Å². The summed E-state index contributed by atoms with van der Waals surface area (Å²) in [5.41, 5.74) is 1.72. The second kappa shape index (κ2) is 7.23. The van der Waals surface area contributed by atoms with Gasteiger partial charge < -0.3 is 14.8 Å². The van der Waals surface area contributed by atoms with E-state index in [2.05, 4.69) is 45.3 Å². The number of aromatic amines is 1. The number of amides is 1. The third-order valence-corrected chi connectivity index (χ3v) is 4.83. The largest absolute Gasteiger partial charge is 0.451 e. The van der Waals surface area contributed by atoms with Gasteiger partial charge in [-0.1, -0.05) is 35.8 Å². The van der Waals surface area contributed by atoms with E-state index in [-0.39, 0.29) is 18.6 Å². The second-order valence-corrected chi connectivity index (χ2v) is 7.98. The van der Waals surface area contributed by atoms with E-state index < -0.39 is 0 Å². The zero-order chi connectivity index (χ0) is 19.0. The lowest BCUT2D eigenvalue weighted by Gasteiger charge is -2.11. The summed E-state index contributed by atoms with van der Waals surface area (Å²) in [7, 11) is 0. The van der Waals surface area contributed by atoms with Crippen LogP contribution in [0.1, 0.15) is 25.8 Å². The molecule has 2 heterocycles. The van der Waals surface area contributed by atoms with Gasteiger partial charge in [0.2, 0.25) is 12.2 Å². The summed E-state index contributed by atoms with van der Waals surface area (Å²) in [5, 5.41) is 10.8. The molecule has 27 heavy (non-hydrogen) atoms. The Morgan fingerprint density at radius 1 is 1.22 bits per heavy atom. The number of hydrogen-bond acceptors (Lipinski definition) is 4. The predicted octanol–water partition coefficient (Wildman–Crippen LogP) is 4.65. The highest BCUT2D eigenvalue weighted by molar-refractivity contribution is 9.10. The lowest BCUT2D eigenvalue weighted by Crippen LogP contribution is -2.19. The average molecular weight is 430 g/mol. The number of anilines is 1. The Balaban J connectivity index is 1.43. The van der Waals surface area contributed by atoms with Gasteiger partial charge in [-0.3, -0.25) is 9.89 Å². The molecular weight excluding hydrogens is 410 g/mol. The van der Waals surface area contributed by atoms with Crippen molar-refractivity contribution in [2.24, 2.45) is 5.92 Å². The first-order valence-electron chi connectivity index (χ1n) is 8.87. The number of H-pyrrole nitrogens is 1. The first-order valence-corrected chi connectivity index (χ1v) is 9.67. The molecule has 1 amide bonds. The van der Waals surface area contributed by atoms with E-state index in [1.165, 1.54) is 0 Å². The fraction of sp³-hybridized carbons (Fsp3) is 0.300. The van der Waals surface area contributed by atoms with E-state index in [1.807, 2.05) is 36.4 Å². The summed E-state index contributed by atoms with van der Waals surface area (Å²) in [6.45, 7) is 4.26. The molecule has 0 saturated carbocycles. The molecule has 0 fully saturated rings. The van der Waals surface area contributed by atoms with Gasteiger partial charge in [-0.15, -0.1) is 0 Å². The van der Waals surface area contributed by atoms with Crippen molar-refractivity contribution >= 4 is 38.6 Å². The summed E-state index contributed by atoms with van der Waals surface area (Å²) in [5.74, 6) is 2.30. The molecule has 2 aromatic carbocycles. The average Bonchev–Trinajstić information content (AvgIpc) is 3.17. The Morgan fingerprint density at radius 2 is 2.04 bits per heavy atom. The first kappa shape index (κ1) is 17.9. The number of carbonyl (C=O) groups is 1. The molecule has 1 unspecified atom stereocenters. The molecular formula is C20H20BrN3O3. The Labute approximate surface area is 165 Å². The van der Waals surface area contributed by atoms with Crippen LogP contribution in [0.2, 0.25) is 0 Å². The van der Waals surface area contributed by atoms with Crippen LogP contribution in [0.25, 0.3) is 10.9 Å². The number of nitrogens with one attached hydrogen (secondary N) is 2. The summed E-state index contributed by atoms with van der Waals surface area (Å²) in [6, 6.07) is 11.4. The van der Waals surface area contributed by atoms with Crippen LogP contribution in [0.4, 0.5) is 5.82 Å². The normalized spacial score (nSPS) is 15.5. The molecule has 2 N–H and O–H groups in total. The van der Waals surface area contributed by atoms with Crippen molar-refractivity contribution in [1.82, 2.24) is 10.2 Å². The van der Waals surface area contributed by atoms with Gasteiger partial charge in [0, 0.05) is 16.3 Å². The van der Waals surface area contributed by atoms with Crippen molar-refractivity contribution < 1.29 is 14.3 Å². The fourth-order valence-electron chi connectivity index (χ4n) is 3.09. The minimum Gasteiger partial charge on any atom is -0.451 e. The minimum absolute atomic E-state index is 0.135. The molecule has 0 spiro atoms. The van der Waals surface area contributed by atoms with E-state index in [4.69, 9.17) is 9.47 Å². The maximum Gasteiger partial charge on any atom is 0.241 e. The molecule has 0 bridgehead atoms. The smallest absolute Gasteiger partial charge is 0.241 e. The quantitative estimate of drug-likeness (QED) is 0.618. The number of carbonyl (C=O) groups excluding carboxylic acids is 1. The Morgan fingerprint density at radius 3 is 2.85 bits per heavy atom. The highest BCUT2D eigenvalue weighted by Crippen LogP contribution is 2.37. The van der Waals surface area contributed by atoms with Gasteiger partial charge in [0.25, 0.3) is 0 Å². The number of hydrogen-bond donors (Lipinski definition) is 2. The van der Waals surface area contributed by atoms with Crippen LogP contribution in [-0.2, 0) is 11.2 Å². The van der Waals surface area contributed by atoms with Gasteiger partial charge in [0.05, 0.1) is 11.9 Å². The molecule has 6 nitrogen and oxygen atoms in total. The molecule has 4 rings (SSSR count). The number of aromatic nitrogens is 2. The highest BCUT2D eigenvalue weighted by Gasteiger charge is 2.25. The lowest BCUT2D eigenvalue weighted by atomic mass is 10.1. The number of ether oxygens (including phenoxy) is 2. The maximum absolute atomic E-state index is 12.5. The van der Waals surface area contributed by atoms with Crippen molar-refractivity contribution in [3.8, 4) is 11.5 Å². The van der Waals surface area contributed by atoms with Crippen LogP contribution < -0.4 is 14.8 Å². The molecule has 1 aliphatic heterocycles. The summed E-state index contributed by atoms with van der Waals surface area (Å²) < 4.78 is 12.6. The SMILES string of the molecule is CC(C)CC1Oc2ccc(CC(=O)Nc3n[nH]c4cc(Br)ccc34)cc2O1. The minimum atomic E-state index is -0.251. The summed E-state index contributed by atoms with van der Waals surface area (Å²) >= 11 is 3.42. The Bertz CT molecular complexity index is 999. The monoisotopic (exact) mass is 429 g/mol. The summed E-state index contributed by atoms with van der Waals surface area (Å²) in [6.07, 6.45) is 0.808. The number of halogens is 1. The van der Waals surface area contributed by atoms with Crippen LogP contribution in [0, 0.1) is 5.92 Å². The third kappa shape index (κ3) is 3.93. The molecule has 0 radical (unpaired) electrons. The maximum atomic E-state index is 12.5. The van der Waals surface area contributed by atoms with E-state index in [1.54, 1.807) is 0 Å². The molecule has 140 valence electrons. The van der Waals surface area contributed by atoms with Crippen molar-refractivity contribution in [3.63, 3.8) is 0 Å². The first-order chi connectivity index (χ1) is 13.0. The topological polar surface area (TPSA) is 76.2 Å². The van der Waals surface area contributed by atoms with Crippen molar-refractivity contribution in [3.05, 3.63) is 46.4 Å². The van der Waals surface area contributed by atoms with Gasteiger partial charge in [-0.05, 0) is 41.8 Å². The predicted molar refractivity (Wildman–Crippen MR) is 107 cm³/mol. The van der Waals surface area contributed by atoms with Crippen molar-refractivity contribution in [2.45, 2.75) is 33.0 Å². The van der Waals surface area contributed by atoms with Crippen LogP contribution in [0.15, 0.2) is 40.9 Å². The number of benzene rings is 2. The molecule has 1 atom stereocenters. The molecule has 3 aromatic rings. The fourth-order valence-corrected chi connectivity index (χ4v) is 3.45. The van der Waals surface area contributed by atoms with Crippen molar-refractivity contribution in [2.75, 3.05) is 5.32 Å². The summed E-state index contributed by atoms with van der Waals surface area (Å²) in [4.78, 5) is 12.5. The standard InChI is InChI=1S/C20H20BrN3O3/c1-11(2)7-19-26-16-6-3-12(8-17(16)27-19)9-18(25)22-20-14-5-4-13(21)10-15(14)23-24-20/h3-6,8,10-11,19H,7,9H2,1-2H3,(H2,22,23,24,25). The number of nitrogens with zero attached hydrogens (tertiary/aromatic N) is 1. The lowest BCUT2D eigenvalue weighted by molar-refractivity contribution is -0.115. The highest BCUT2D eigenvalue weighted by atomic mass is 79.9. The van der Waals surface area contributed by atoms with Crippen LogP contribution in [-0.4, -0.2) is 22.4 Å². The molecule has 0 saturated heterocycles. The Kier molecular flexibility index (Phi) is 4.78. The van der Waals surface area contributed by atoms with Gasteiger partial charge in [0.15, 0.2) is 17.3 Å². The second-order valence-electron chi connectivity index (χ2n) is 7.06. The molecule has 1 aliphatic rings. The number of rotatable bonds is 5. The van der Waals surface area contributed by atoms with E-state index in [0.717, 1.165) is 33.1 Å². The zero-order valence-electron chi connectivity index (χ0n) is 15.1. The van der Waals surface area contributed by atoms with Gasteiger partial charge in [-0.25, -0.2) is 0 Å². The van der Waals surface area contributed by atoms with E-state index in [0.29, 0.717) is 17.5 Å². The van der Waals surface area contributed by atoms with Gasteiger partial charge in [-0.2, -0.15) is 5.10 Å². The molecule has 0 aliphatic carbocycles. The molecule has 1 aromatic heterocycles. The zero-order valence-corrected chi connectivity index (χ0v) is 16.7. The molecule has 7 heteroatoms. The van der Waals surface area contributed by atoms with E-state index in [9.17, 15) is 4.79 Å². The third-order valence-electron chi connectivity index (χ3n) is 4.34.